The molecule has 2 aromatic rings. The van der Waals surface area contributed by atoms with Gasteiger partial charge in [-0.2, -0.15) is 5.26 Å². The predicted octanol–water partition coefficient (Wildman–Crippen LogP) is 4.67. The van der Waals surface area contributed by atoms with Gasteiger partial charge in [-0.15, -0.1) is 0 Å². The maximum atomic E-state index is 10.8. The maximum absolute atomic E-state index is 10.8. The Morgan fingerprint density at radius 2 is 2.05 bits per heavy atom. The second-order valence-corrected chi connectivity index (χ2v) is 5.11. The molecule has 0 unspecified atom stereocenters. The lowest BCUT2D eigenvalue weighted by Gasteiger charge is -2.08. The molecule has 0 aromatic heterocycles. The first kappa shape index (κ1) is 14.3. The van der Waals surface area contributed by atoms with Gasteiger partial charge in [0.15, 0.2) is 0 Å². The molecule has 2 rings (SSSR count). The monoisotopic (exact) mass is 352 g/mol. The maximum Gasteiger partial charge on any atom is 0.274 e. The predicted molar refractivity (Wildman–Crippen MR) is 77.0 cm³/mol. The van der Waals surface area contributed by atoms with Crippen molar-refractivity contribution in [2.75, 3.05) is 0 Å². The third kappa shape index (κ3) is 3.26. The Balaban J connectivity index is 2.42. The van der Waals surface area contributed by atoms with Gasteiger partial charge in [-0.1, -0.05) is 27.5 Å². The Morgan fingerprint density at radius 1 is 1.30 bits per heavy atom. The van der Waals surface area contributed by atoms with Crippen LogP contribution in [0, 0.1) is 21.4 Å². The Morgan fingerprint density at radius 3 is 2.70 bits per heavy atom. The molecule has 0 N–H and O–H groups in total. The highest BCUT2D eigenvalue weighted by Crippen LogP contribution is 2.32. The van der Waals surface area contributed by atoms with Crippen molar-refractivity contribution in [3.63, 3.8) is 0 Å². The molecule has 0 heterocycles. The summed E-state index contributed by atoms with van der Waals surface area (Å²) in [6.45, 7) is 0. The number of hydrogen-bond acceptors (Lipinski definition) is 4. The number of benzene rings is 2. The lowest BCUT2D eigenvalue weighted by atomic mass is 10.2. The van der Waals surface area contributed by atoms with E-state index >= 15 is 0 Å². The van der Waals surface area contributed by atoms with E-state index in [0.29, 0.717) is 9.50 Å². The van der Waals surface area contributed by atoms with Crippen LogP contribution in [-0.2, 0) is 0 Å². The van der Waals surface area contributed by atoms with E-state index in [0.717, 1.165) is 0 Å². The van der Waals surface area contributed by atoms with Crippen LogP contribution in [0.5, 0.6) is 11.5 Å². The summed E-state index contributed by atoms with van der Waals surface area (Å²) in [5, 5.41) is 20.2. The van der Waals surface area contributed by atoms with Gasteiger partial charge in [0, 0.05) is 21.6 Å². The van der Waals surface area contributed by atoms with Crippen molar-refractivity contribution < 1.29 is 9.66 Å². The number of nitrogens with zero attached hydrogens (tertiary/aromatic N) is 2. The average Bonchev–Trinajstić information content (AvgIpc) is 2.38. The molecule has 0 bridgehead atoms. The summed E-state index contributed by atoms with van der Waals surface area (Å²) in [6, 6.07) is 10.7. The van der Waals surface area contributed by atoms with Gasteiger partial charge >= 0.3 is 0 Å². The van der Waals surface area contributed by atoms with Crippen LogP contribution in [0.15, 0.2) is 40.9 Å². The summed E-state index contributed by atoms with van der Waals surface area (Å²) in [7, 11) is 0. The van der Waals surface area contributed by atoms with E-state index in [9.17, 15) is 10.1 Å². The Labute approximate surface area is 127 Å². The highest BCUT2D eigenvalue weighted by atomic mass is 79.9. The van der Waals surface area contributed by atoms with Gasteiger partial charge in [0.2, 0.25) is 0 Å². The van der Waals surface area contributed by atoms with E-state index in [1.807, 2.05) is 6.07 Å². The zero-order chi connectivity index (χ0) is 14.7. The number of halogens is 2. The van der Waals surface area contributed by atoms with Crippen LogP contribution in [0.3, 0.4) is 0 Å². The van der Waals surface area contributed by atoms with Crippen molar-refractivity contribution in [3.05, 3.63) is 61.6 Å². The van der Waals surface area contributed by atoms with Crippen molar-refractivity contribution in [1.82, 2.24) is 0 Å². The van der Waals surface area contributed by atoms with Crippen molar-refractivity contribution in [2.45, 2.75) is 0 Å². The Hall–Kier alpha value is -2.10. The molecule has 0 aliphatic carbocycles. The molecule has 0 spiro atoms. The third-order valence-corrected chi connectivity index (χ3v) is 3.05. The lowest BCUT2D eigenvalue weighted by molar-refractivity contribution is -0.385. The second-order valence-electron chi connectivity index (χ2n) is 3.76. The fraction of sp³-hybridized carbons (Fsp3) is 0. The number of ether oxygens (including phenoxy) is 1. The molecule has 0 saturated carbocycles. The summed E-state index contributed by atoms with van der Waals surface area (Å²) in [5.74, 6) is 0.484. The van der Waals surface area contributed by atoms with Crippen LogP contribution in [0.2, 0.25) is 5.02 Å². The number of rotatable bonds is 3. The van der Waals surface area contributed by atoms with Gasteiger partial charge in [-0.05, 0) is 18.2 Å². The standard InChI is InChI=1S/C13H6BrClN2O3/c14-9-3-11(17(18)19)6-12(4-9)20-13-5-10(15)2-1-8(13)7-16/h1-6H. The summed E-state index contributed by atoms with van der Waals surface area (Å²) >= 11 is 9.02. The molecule has 5 nitrogen and oxygen atoms in total. The van der Waals surface area contributed by atoms with Gasteiger partial charge < -0.3 is 4.74 Å². The normalized spacial score (nSPS) is 9.85. The van der Waals surface area contributed by atoms with Crippen LogP contribution >= 0.6 is 27.5 Å². The molecule has 0 amide bonds. The number of nitro groups is 1. The van der Waals surface area contributed by atoms with Gasteiger partial charge in [0.05, 0.1) is 16.6 Å². The van der Waals surface area contributed by atoms with Crippen LogP contribution in [-0.4, -0.2) is 4.92 Å². The summed E-state index contributed by atoms with van der Waals surface area (Å²) in [5.41, 5.74) is 0.173. The zero-order valence-corrected chi connectivity index (χ0v) is 12.2. The Bertz CT molecular complexity index is 728. The molecule has 2 aromatic carbocycles. The van der Waals surface area contributed by atoms with Crippen molar-refractivity contribution >= 4 is 33.2 Å². The van der Waals surface area contributed by atoms with Crippen molar-refractivity contribution in [1.29, 1.82) is 5.26 Å². The van der Waals surface area contributed by atoms with Crippen molar-refractivity contribution in [3.8, 4) is 17.6 Å². The average molecular weight is 354 g/mol. The quantitative estimate of drug-likeness (QED) is 0.593. The lowest BCUT2D eigenvalue weighted by Crippen LogP contribution is -1.92. The fourth-order valence-electron chi connectivity index (χ4n) is 1.51. The minimum atomic E-state index is -0.527. The summed E-state index contributed by atoms with van der Waals surface area (Å²) < 4.78 is 6.01. The highest BCUT2D eigenvalue weighted by Gasteiger charge is 2.12. The molecule has 0 radical (unpaired) electrons. The van der Waals surface area contributed by atoms with Crippen LogP contribution < -0.4 is 4.74 Å². The Kier molecular flexibility index (Phi) is 4.23. The molecule has 0 fully saturated rings. The number of nitriles is 1. The van der Waals surface area contributed by atoms with Gasteiger partial charge in [-0.3, -0.25) is 10.1 Å². The first-order chi connectivity index (χ1) is 9.49. The van der Waals surface area contributed by atoms with E-state index in [1.54, 1.807) is 12.1 Å². The molecule has 0 aliphatic rings. The summed E-state index contributed by atoms with van der Waals surface area (Å²) in [6.07, 6.45) is 0. The smallest absolute Gasteiger partial charge is 0.274 e. The molecular formula is C13H6BrClN2O3. The minimum absolute atomic E-state index is 0.116. The topological polar surface area (TPSA) is 76.2 Å². The molecule has 0 aliphatic heterocycles. The number of non-ortho nitro benzene ring substituents is 1. The van der Waals surface area contributed by atoms with E-state index in [2.05, 4.69) is 15.9 Å². The first-order valence-corrected chi connectivity index (χ1v) is 6.49. The SMILES string of the molecule is N#Cc1ccc(Cl)cc1Oc1cc(Br)cc([N+](=O)[O-])c1. The number of nitro benzene ring substituents is 1. The van der Waals surface area contributed by atoms with Crippen LogP contribution in [0.25, 0.3) is 0 Å². The fourth-order valence-corrected chi connectivity index (χ4v) is 2.13. The zero-order valence-electron chi connectivity index (χ0n) is 9.84. The molecule has 20 heavy (non-hydrogen) atoms. The van der Waals surface area contributed by atoms with Gasteiger partial charge in [-0.25, -0.2) is 0 Å². The summed E-state index contributed by atoms with van der Waals surface area (Å²) in [4.78, 5) is 10.3. The van der Waals surface area contributed by atoms with Gasteiger partial charge in [0.1, 0.15) is 17.6 Å². The highest BCUT2D eigenvalue weighted by molar-refractivity contribution is 9.10. The molecule has 7 heteroatoms. The second kappa shape index (κ2) is 5.90. The largest absolute Gasteiger partial charge is 0.456 e. The van der Waals surface area contributed by atoms with E-state index in [4.69, 9.17) is 21.6 Å². The molecule has 100 valence electrons. The molecule has 0 saturated heterocycles. The molecule has 0 atom stereocenters. The third-order valence-electron chi connectivity index (χ3n) is 2.36. The number of hydrogen-bond donors (Lipinski definition) is 0. The van der Waals surface area contributed by atoms with Gasteiger partial charge in [0.25, 0.3) is 5.69 Å². The van der Waals surface area contributed by atoms with E-state index in [-0.39, 0.29) is 22.7 Å². The van der Waals surface area contributed by atoms with E-state index < -0.39 is 4.92 Å². The van der Waals surface area contributed by atoms with Crippen LogP contribution in [0.1, 0.15) is 5.56 Å². The molecular weight excluding hydrogens is 348 g/mol. The van der Waals surface area contributed by atoms with Crippen LogP contribution in [0.4, 0.5) is 5.69 Å². The minimum Gasteiger partial charge on any atom is -0.456 e. The van der Waals surface area contributed by atoms with Crippen molar-refractivity contribution in [2.24, 2.45) is 0 Å². The van der Waals surface area contributed by atoms with E-state index in [1.165, 1.54) is 24.3 Å². The first-order valence-electron chi connectivity index (χ1n) is 5.32.